The highest BCUT2D eigenvalue weighted by molar-refractivity contribution is 5.85. The molecule has 0 amide bonds. The molecule has 1 aromatic carbocycles. The molecule has 3 aromatic rings. The first-order chi connectivity index (χ1) is 15.2. The number of anilines is 2. The third kappa shape index (κ3) is 5.09. The zero-order valence-electron chi connectivity index (χ0n) is 19.4. The van der Waals surface area contributed by atoms with Gasteiger partial charge in [-0.1, -0.05) is 6.07 Å². The van der Waals surface area contributed by atoms with Crippen LogP contribution in [0.2, 0.25) is 0 Å². The summed E-state index contributed by atoms with van der Waals surface area (Å²) >= 11 is 0. The van der Waals surface area contributed by atoms with Gasteiger partial charge < -0.3 is 16.0 Å². The van der Waals surface area contributed by atoms with Gasteiger partial charge in [-0.05, 0) is 65.8 Å². The number of nitrogens with two attached hydrogens (primary N) is 1. The van der Waals surface area contributed by atoms with E-state index in [-0.39, 0.29) is 35.4 Å². The zero-order chi connectivity index (χ0) is 23.0. The highest BCUT2D eigenvalue weighted by atomic mass is 35.5. The number of halogens is 2. The molecule has 1 saturated carbocycles. The lowest BCUT2D eigenvalue weighted by Crippen LogP contribution is -2.36. The molecule has 1 fully saturated rings. The minimum atomic E-state index is -0.584. The second-order valence-corrected chi connectivity index (χ2v) is 8.98. The fraction of sp³-hybridized carbons (Fsp3) is 0.478. The van der Waals surface area contributed by atoms with Crippen LogP contribution in [0.1, 0.15) is 45.6 Å². The number of fused-ring (bicyclic) bond motifs is 1. The average Bonchev–Trinajstić information content (AvgIpc) is 2.75. The number of nitrogens with zero attached hydrogens (tertiary/aromatic N) is 5. The van der Waals surface area contributed by atoms with Crippen molar-refractivity contribution in [2.75, 3.05) is 25.1 Å². The first-order valence-corrected chi connectivity index (χ1v) is 11.0. The van der Waals surface area contributed by atoms with Gasteiger partial charge in [-0.3, -0.25) is 9.36 Å². The normalized spacial score (nSPS) is 18.5. The highest BCUT2D eigenvalue weighted by Crippen LogP contribution is 2.25. The maximum absolute atomic E-state index is 14.0. The molecule has 0 bridgehead atoms. The molecule has 10 heteroatoms. The van der Waals surface area contributed by atoms with Crippen molar-refractivity contribution in [3.05, 3.63) is 40.6 Å². The van der Waals surface area contributed by atoms with Crippen molar-refractivity contribution in [3.63, 3.8) is 0 Å². The SMILES string of the molecule is CC(C)n1c(=O)c(-c2ccc(N)c(F)c2)nc2cnc(NC3CCC(N(C)C)CC3)nc21.Cl. The molecule has 8 nitrogen and oxygen atoms in total. The van der Waals surface area contributed by atoms with Crippen molar-refractivity contribution in [1.82, 2.24) is 24.4 Å². The van der Waals surface area contributed by atoms with E-state index >= 15 is 0 Å². The molecule has 178 valence electrons. The van der Waals surface area contributed by atoms with Crippen LogP contribution >= 0.6 is 12.4 Å². The lowest BCUT2D eigenvalue weighted by molar-refractivity contribution is 0.221. The van der Waals surface area contributed by atoms with Gasteiger partial charge in [0.25, 0.3) is 5.56 Å². The maximum atomic E-state index is 14.0. The minimum Gasteiger partial charge on any atom is -0.396 e. The van der Waals surface area contributed by atoms with Crippen LogP contribution in [0.5, 0.6) is 0 Å². The second-order valence-electron chi connectivity index (χ2n) is 8.98. The van der Waals surface area contributed by atoms with Crippen molar-refractivity contribution in [3.8, 4) is 11.3 Å². The van der Waals surface area contributed by atoms with E-state index in [1.54, 1.807) is 16.8 Å². The first kappa shape index (κ1) is 24.9. The molecular formula is C23H31ClFN7O. The Morgan fingerprint density at radius 2 is 1.88 bits per heavy atom. The number of nitrogens with one attached hydrogen (secondary N) is 1. The van der Waals surface area contributed by atoms with Crippen LogP contribution in [0.25, 0.3) is 22.4 Å². The van der Waals surface area contributed by atoms with Crippen LogP contribution in [0.4, 0.5) is 16.0 Å². The Labute approximate surface area is 198 Å². The van der Waals surface area contributed by atoms with E-state index in [0.29, 0.717) is 34.8 Å². The molecule has 1 aliphatic rings. The monoisotopic (exact) mass is 475 g/mol. The standard InChI is InChI=1S/C23H30FN7O.ClH/c1-13(2)31-21-19(28-20(22(31)32)14-5-10-18(25)17(24)11-14)12-26-23(29-21)27-15-6-8-16(9-7-15)30(3)4;/h5,10-13,15-16H,6-9,25H2,1-4H3,(H,26,27,29);1H. The van der Waals surface area contributed by atoms with Crippen molar-refractivity contribution in [2.24, 2.45) is 0 Å². The fourth-order valence-electron chi connectivity index (χ4n) is 4.33. The number of hydrogen-bond acceptors (Lipinski definition) is 7. The number of rotatable bonds is 5. The summed E-state index contributed by atoms with van der Waals surface area (Å²) in [6.07, 6.45) is 5.95. The summed E-state index contributed by atoms with van der Waals surface area (Å²) in [5.74, 6) is -0.0904. The van der Waals surface area contributed by atoms with Crippen molar-refractivity contribution < 1.29 is 4.39 Å². The lowest BCUT2D eigenvalue weighted by atomic mass is 9.91. The number of nitrogen functional groups attached to an aromatic ring is 1. The Morgan fingerprint density at radius 1 is 1.18 bits per heavy atom. The summed E-state index contributed by atoms with van der Waals surface area (Å²) in [5, 5.41) is 3.43. The van der Waals surface area contributed by atoms with Gasteiger partial charge in [0.1, 0.15) is 17.0 Å². The molecule has 0 saturated heterocycles. The highest BCUT2D eigenvalue weighted by Gasteiger charge is 2.23. The number of aromatic nitrogens is 4. The van der Waals surface area contributed by atoms with Crippen LogP contribution in [0, 0.1) is 5.82 Å². The topological polar surface area (TPSA) is 102 Å². The van der Waals surface area contributed by atoms with Gasteiger partial charge in [0.15, 0.2) is 5.65 Å². The van der Waals surface area contributed by atoms with Crippen molar-refractivity contribution in [2.45, 2.75) is 57.7 Å². The zero-order valence-corrected chi connectivity index (χ0v) is 20.2. The molecule has 0 unspecified atom stereocenters. The largest absolute Gasteiger partial charge is 0.396 e. The van der Waals surface area contributed by atoms with Gasteiger partial charge in [-0.15, -0.1) is 12.4 Å². The third-order valence-electron chi connectivity index (χ3n) is 6.18. The summed E-state index contributed by atoms with van der Waals surface area (Å²) < 4.78 is 15.6. The molecule has 0 spiro atoms. The van der Waals surface area contributed by atoms with Gasteiger partial charge in [-0.2, -0.15) is 4.98 Å². The smallest absolute Gasteiger partial charge is 0.278 e. The quantitative estimate of drug-likeness (QED) is 0.540. The van der Waals surface area contributed by atoms with E-state index in [4.69, 9.17) is 5.73 Å². The molecule has 0 radical (unpaired) electrons. The van der Waals surface area contributed by atoms with Gasteiger partial charge in [-0.25, -0.2) is 14.4 Å². The summed E-state index contributed by atoms with van der Waals surface area (Å²) in [4.78, 5) is 29.1. The maximum Gasteiger partial charge on any atom is 0.278 e. The first-order valence-electron chi connectivity index (χ1n) is 11.0. The van der Waals surface area contributed by atoms with E-state index < -0.39 is 5.82 Å². The number of hydrogen-bond donors (Lipinski definition) is 2. The van der Waals surface area contributed by atoms with Gasteiger partial charge >= 0.3 is 0 Å². The van der Waals surface area contributed by atoms with Crippen LogP contribution in [-0.2, 0) is 0 Å². The van der Waals surface area contributed by atoms with Crippen molar-refractivity contribution in [1.29, 1.82) is 0 Å². The minimum absolute atomic E-state index is 0. The molecule has 2 aromatic heterocycles. The van der Waals surface area contributed by atoms with E-state index in [2.05, 4.69) is 39.3 Å². The van der Waals surface area contributed by atoms with Gasteiger partial charge in [0.2, 0.25) is 5.95 Å². The van der Waals surface area contributed by atoms with E-state index in [0.717, 1.165) is 25.7 Å². The van der Waals surface area contributed by atoms with E-state index in [1.807, 2.05) is 13.8 Å². The number of benzene rings is 1. The summed E-state index contributed by atoms with van der Waals surface area (Å²) in [6, 6.07) is 5.01. The third-order valence-corrected chi connectivity index (χ3v) is 6.18. The summed E-state index contributed by atoms with van der Waals surface area (Å²) in [7, 11) is 4.24. The Morgan fingerprint density at radius 3 is 2.48 bits per heavy atom. The predicted octanol–water partition coefficient (Wildman–Crippen LogP) is 3.86. The Balaban J connectivity index is 0.00000306. The fourth-order valence-corrected chi connectivity index (χ4v) is 4.33. The molecule has 33 heavy (non-hydrogen) atoms. The molecule has 1 aliphatic carbocycles. The van der Waals surface area contributed by atoms with Crippen LogP contribution in [-0.4, -0.2) is 50.6 Å². The molecule has 3 N–H and O–H groups in total. The Hall–Kier alpha value is -2.78. The Bertz CT molecular complexity index is 1190. The molecule has 0 aliphatic heterocycles. The van der Waals surface area contributed by atoms with E-state index in [9.17, 15) is 9.18 Å². The molecule has 4 rings (SSSR count). The lowest BCUT2D eigenvalue weighted by Gasteiger charge is -2.32. The van der Waals surface area contributed by atoms with Crippen LogP contribution in [0.3, 0.4) is 0 Å². The summed E-state index contributed by atoms with van der Waals surface area (Å²) in [5.41, 5.74) is 6.74. The molecule has 0 atom stereocenters. The van der Waals surface area contributed by atoms with Gasteiger partial charge in [0, 0.05) is 23.7 Å². The molecular weight excluding hydrogens is 445 g/mol. The van der Waals surface area contributed by atoms with Crippen molar-refractivity contribution >= 4 is 35.2 Å². The molecule has 2 heterocycles. The Kier molecular flexibility index (Phi) is 7.54. The predicted molar refractivity (Wildman–Crippen MR) is 132 cm³/mol. The van der Waals surface area contributed by atoms with Crippen LogP contribution in [0.15, 0.2) is 29.2 Å². The van der Waals surface area contributed by atoms with Crippen LogP contribution < -0.4 is 16.6 Å². The summed E-state index contributed by atoms with van der Waals surface area (Å²) in [6.45, 7) is 3.82. The average molecular weight is 476 g/mol. The van der Waals surface area contributed by atoms with E-state index in [1.165, 1.54) is 12.1 Å². The van der Waals surface area contributed by atoms with Gasteiger partial charge in [0.05, 0.1) is 11.9 Å². The second kappa shape index (κ2) is 10.0.